The van der Waals surface area contributed by atoms with Gasteiger partial charge < -0.3 is 5.73 Å². The number of sulfonamides is 1. The molecule has 0 radical (unpaired) electrons. The SMILES string of the molecule is C=CCNS(=O)(=O)c1c([N+](=O)[O-])c(N)nc2ccccc12. The number of aromatic nitrogens is 1. The number of nitrogen functional groups attached to an aromatic ring is 1. The zero-order valence-electron chi connectivity index (χ0n) is 10.8. The van der Waals surface area contributed by atoms with Gasteiger partial charge in [-0.15, -0.1) is 6.58 Å². The number of pyridine rings is 1. The number of rotatable bonds is 5. The van der Waals surface area contributed by atoms with Crippen molar-refractivity contribution in [3.63, 3.8) is 0 Å². The van der Waals surface area contributed by atoms with Crippen LogP contribution in [0, 0.1) is 10.1 Å². The fraction of sp³-hybridized carbons (Fsp3) is 0.0833. The van der Waals surface area contributed by atoms with E-state index in [1.807, 2.05) is 0 Å². The van der Waals surface area contributed by atoms with Crippen LogP contribution in [0.4, 0.5) is 11.5 Å². The molecule has 0 unspecified atom stereocenters. The van der Waals surface area contributed by atoms with Crippen molar-refractivity contribution in [2.45, 2.75) is 4.90 Å². The van der Waals surface area contributed by atoms with Gasteiger partial charge in [-0.25, -0.2) is 18.1 Å². The van der Waals surface area contributed by atoms with Crippen LogP contribution in [-0.4, -0.2) is 24.9 Å². The third-order valence-corrected chi connectivity index (χ3v) is 4.21. The number of para-hydroxylation sites is 1. The van der Waals surface area contributed by atoms with Gasteiger partial charge in [-0.1, -0.05) is 24.3 Å². The average Bonchev–Trinajstić information content (AvgIpc) is 2.43. The molecule has 2 rings (SSSR count). The Morgan fingerprint density at radius 1 is 1.43 bits per heavy atom. The van der Waals surface area contributed by atoms with Crippen LogP contribution in [0.1, 0.15) is 0 Å². The van der Waals surface area contributed by atoms with Gasteiger partial charge in [0.1, 0.15) is 0 Å². The molecule has 0 aliphatic carbocycles. The molecule has 2 aromatic rings. The lowest BCUT2D eigenvalue weighted by atomic mass is 10.2. The van der Waals surface area contributed by atoms with Crippen molar-refractivity contribution in [2.24, 2.45) is 0 Å². The van der Waals surface area contributed by atoms with Crippen molar-refractivity contribution < 1.29 is 13.3 Å². The van der Waals surface area contributed by atoms with Crippen LogP contribution in [-0.2, 0) is 10.0 Å². The maximum atomic E-state index is 12.3. The fourth-order valence-corrected chi connectivity index (χ4v) is 3.26. The van der Waals surface area contributed by atoms with E-state index in [0.717, 1.165) is 0 Å². The first-order chi connectivity index (χ1) is 9.88. The monoisotopic (exact) mass is 308 g/mol. The lowest BCUT2D eigenvalue weighted by Crippen LogP contribution is -2.25. The Morgan fingerprint density at radius 3 is 2.71 bits per heavy atom. The van der Waals surface area contributed by atoms with E-state index in [1.54, 1.807) is 12.1 Å². The fourth-order valence-electron chi connectivity index (χ4n) is 1.88. The Morgan fingerprint density at radius 2 is 2.10 bits per heavy atom. The summed E-state index contributed by atoms with van der Waals surface area (Å²) in [6.45, 7) is 3.34. The molecule has 8 nitrogen and oxygen atoms in total. The maximum Gasteiger partial charge on any atom is 0.331 e. The minimum atomic E-state index is -4.13. The molecule has 0 bridgehead atoms. The van der Waals surface area contributed by atoms with Gasteiger partial charge in [0, 0.05) is 11.9 Å². The second-order valence-corrected chi connectivity index (χ2v) is 5.79. The normalized spacial score (nSPS) is 11.4. The second kappa shape index (κ2) is 5.46. The molecule has 1 heterocycles. The number of fused-ring (bicyclic) bond motifs is 1. The van der Waals surface area contributed by atoms with E-state index >= 15 is 0 Å². The van der Waals surface area contributed by atoms with Gasteiger partial charge >= 0.3 is 5.69 Å². The van der Waals surface area contributed by atoms with Crippen LogP contribution < -0.4 is 10.5 Å². The highest BCUT2D eigenvalue weighted by Crippen LogP contribution is 2.34. The van der Waals surface area contributed by atoms with Crippen molar-refractivity contribution >= 4 is 32.4 Å². The molecule has 0 spiro atoms. The molecule has 21 heavy (non-hydrogen) atoms. The van der Waals surface area contributed by atoms with E-state index in [9.17, 15) is 18.5 Å². The van der Waals surface area contributed by atoms with Crippen LogP contribution in [0.2, 0.25) is 0 Å². The van der Waals surface area contributed by atoms with Gasteiger partial charge in [0.05, 0.1) is 10.4 Å². The zero-order chi connectivity index (χ0) is 15.6. The first-order valence-electron chi connectivity index (χ1n) is 5.81. The Balaban J connectivity index is 2.89. The van der Waals surface area contributed by atoms with Crippen molar-refractivity contribution in [3.05, 3.63) is 47.0 Å². The van der Waals surface area contributed by atoms with Crippen molar-refractivity contribution in [1.29, 1.82) is 0 Å². The lowest BCUT2D eigenvalue weighted by Gasteiger charge is -2.10. The molecule has 3 N–H and O–H groups in total. The number of nitrogens with one attached hydrogen (secondary N) is 1. The molecule has 0 amide bonds. The van der Waals surface area contributed by atoms with Crippen LogP contribution in [0.3, 0.4) is 0 Å². The molecule has 9 heteroatoms. The van der Waals surface area contributed by atoms with Crippen LogP contribution >= 0.6 is 0 Å². The molecule has 1 aromatic carbocycles. The summed E-state index contributed by atoms with van der Waals surface area (Å²) in [4.78, 5) is 13.7. The summed E-state index contributed by atoms with van der Waals surface area (Å²) in [5, 5.41) is 11.3. The van der Waals surface area contributed by atoms with Crippen molar-refractivity contribution in [3.8, 4) is 0 Å². The van der Waals surface area contributed by atoms with Gasteiger partial charge in [0.25, 0.3) is 0 Å². The second-order valence-electron chi connectivity index (χ2n) is 4.09. The Bertz CT molecular complexity index is 833. The third kappa shape index (κ3) is 2.69. The molecule has 1 aromatic heterocycles. The summed E-state index contributed by atoms with van der Waals surface area (Å²) < 4.78 is 26.9. The standard InChI is InChI=1S/C12H12N4O4S/c1-2-7-14-21(19,20)11-8-5-3-4-6-9(8)15-12(13)10(11)16(17)18/h2-6,14H,1,7H2,(H2,13,15). The number of nitro groups is 1. The molecule has 0 aliphatic heterocycles. The Hall–Kier alpha value is -2.52. The number of benzene rings is 1. The first kappa shape index (κ1) is 14.9. The van der Waals surface area contributed by atoms with Crippen molar-refractivity contribution in [1.82, 2.24) is 9.71 Å². The Labute approximate surface area is 120 Å². The van der Waals surface area contributed by atoms with E-state index in [0.29, 0.717) is 0 Å². The van der Waals surface area contributed by atoms with E-state index in [-0.39, 0.29) is 17.4 Å². The molecule has 0 aliphatic rings. The topological polar surface area (TPSA) is 128 Å². The molecule has 0 atom stereocenters. The summed E-state index contributed by atoms with van der Waals surface area (Å²) in [5.41, 5.74) is 5.08. The third-order valence-electron chi connectivity index (χ3n) is 2.72. The molecular formula is C12H12N4O4S. The number of nitrogens with zero attached hydrogens (tertiary/aromatic N) is 2. The van der Waals surface area contributed by atoms with E-state index < -0.39 is 31.3 Å². The van der Waals surface area contributed by atoms with E-state index in [1.165, 1.54) is 18.2 Å². The van der Waals surface area contributed by atoms with E-state index in [2.05, 4.69) is 16.3 Å². The summed E-state index contributed by atoms with van der Waals surface area (Å²) in [5.74, 6) is -0.447. The average molecular weight is 308 g/mol. The number of nitrogens with two attached hydrogens (primary N) is 1. The quantitative estimate of drug-likeness (QED) is 0.485. The summed E-state index contributed by atoms with van der Waals surface area (Å²) in [6.07, 6.45) is 1.33. The predicted octanol–water partition coefficient (Wildman–Crippen LogP) is 1.19. The van der Waals surface area contributed by atoms with Crippen LogP contribution in [0.25, 0.3) is 10.9 Å². The summed E-state index contributed by atoms with van der Waals surface area (Å²) >= 11 is 0. The highest BCUT2D eigenvalue weighted by molar-refractivity contribution is 7.89. The number of anilines is 1. The number of hydrogen-bond donors (Lipinski definition) is 2. The Kier molecular flexibility index (Phi) is 3.87. The minimum absolute atomic E-state index is 0.0595. The molecule has 0 fully saturated rings. The smallest absolute Gasteiger partial charge is 0.331 e. The highest BCUT2D eigenvalue weighted by Gasteiger charge is 2.32. The zero-order valence-corrected chi connectivity index (χ0v) is 11.6. The molecular weight excluding hydrogens is 296 g/mol. The molecule has 0 saturated heterocycles. The summed E-state index contributed by atoms with van der Waals surface area (Å²) in [6, 6.07) is 6.17. The number of hydrogen-bond acceptors (Lipinski definition) is 6. The van der Waals surface area contributed by atoms with Crippen molar-refractivity contribution in [2.75, 3.05) is 12.3 Å². The van der Waals surface area contributed by atoms with Gasteiger partial charge in [0.15, 0.2) is 4.90 Å². The van der Waals surface area contributed by atoms with Gasteiger partial charge in [-0.3, -0.25) is 10.1 Å². The largest absolute Gasteiger partial charge is 0.378 e. The maximum absolute atomic E-state index is 12.3. The lowest BCUT2D eigenvalue weighted by molar-refractivity contribution is -0.386. The highest BCUT2D eigenvalue weighted by atomic mass is 32.2. The first-order valence-corrected chi connectivity index (χ1v) is 7.30. The minimum Gasteiger partial charge on any atom is -0.378 e. The predicted molar refractivity (Wildman–Crippen MR) is 78.2 cm³/mol. The van der Waals surface area contributed by atoms with Crippen LogP contribution in [0.5, 0.6) is 0 Å². The van der Waals surface area contributed by atoms with Crippen LogP contribution in [0.15, 0.2) is 41.8 Å². The van der Waals surface area contributed by atoms with Gasteiger partial charge in [-0.05, 0) is 6.07 Å². The molecule has 110 valence electrons. The van der Waals surface area contributed by atoms with E-state index in [4.69, 9.17) is 5.73 Å². The van der Waals surface area contributed by atoms with Gasteiger partial charge in [0.2, 0.25) is 15.8 Å². The molecule has 0 saturated carbocycles. The van der Waals surface area contributed by atoms with Gasteiger partial charge in [-0.2, -0.15) is 0 Å². The summed E-state index contributed by atoms with van der Waals surface area (Å²) in [7, 11) is -4.13.